The first-order chi connectivity index (χ1) is 11.2. The Morgan fingerprint density at radius 3 is 2.08 bits per heavy atom. The van der Waals surface area contributed by atoms with E-state index in [1.54, 1.807) is 18.2 Å². The summed E-state index contributed by atoms with van der Waals surface area (Å²) in [6.45, 7) is 1.36. The van der Waals surface area contributed by atoms with Crippen molar-refractivity contribution in [3.63, 3.8) is 0 Å². The predicted octanol–water partition coefficient (Wildman–Crippen LogP) is 5.00. The molecule has 0 spiro atoms. The monoisotopic (exact) mass is 425 g/mol. The Kier molecular flexibility index (Phi) is 6.04. The summed E-state index contributed by atoms with van der Waals surface area (Å²) in [5, 5.41) is -0.587. The summed E-state index contributed by atoms with van der Waals surface area (Å²) >= 11 is 23.5. The maximum absolute atomic E-state index is 13.0. The van der Waals surface area contributed by atoms with Crippen LogP contribution in [0.5, 0.6) is 0 Å². The minimum absolute atomic E-state index is 0.0106. The molecule has 0 aliphatic rings. The van der Waals surface area contributed by atoms with Gasteiger partial charge in [-0.25, -0.2) is 8.42 Å². The summed E-state index contributed by atoms with van der Waals surface area (Å²) in [5.41, 5.74) is 0.0106. The van der Waals surface area contributed by atoms with Gasteiger partial charge in [-0.1, -0.05) is 53.0 Å². The SMILES string of the molecule is CC(C(=O)Cl)N(c1cc(Cl)c(Cl)cc1Cl)S(=O)(=O)c1ccccc1. The van der Waals surface area contributed by atoms with Crippen LogP contribution in [0.1, 0.15) is 6.92 Å². The van der Waals surface area contributed by atoms with Crippen LogP contribution in [0.3, 0.4) is 0 Å². The number of benzene rings is 2. The second kappa shape index (κ2) is 7.50. The number of hydrogen-bond acceptors (Lipinski definition) is 3. The van der Waals surface area contributed by atoms with Gasteiger partial charge in [-0.15, -0.1) is 0 Å². The molecule has 0 N–H and O–H groups in total. The number of rotatable bonds is 5. The molecule has 2 rings (SSSR count). The molecule has 24 heavy (non-hydrogen) atoms. The highest BCUT2D eigenvalue weighted by Gasteiger charge is 2.34. The topological polar surface area (TPSA) is 54.5 Å². The molecule has 1 unspecified atom stereocenters. The molecule has 0 radical (unpaired) electrons. The van der Waals surface area contributed by atoms with Gasteiger partial charge in [-0.3, -0.25) is 9.10 Å². The molecule has 0 aliphatic carbocycles. The van der Waals surface area contributed by atoms with E-state index < -0.39 is 21.3 Å². The highest BCUT2D eigenvalue weighted by Crippen LogP contribution is 2.38. The standard InChI is InChI=1S/C15H11Cl4NO3S/c1-9(15(19)21)20(14-8-12(17)11(16)7-13(14)18)24(22,23)10-5-3-2-4-6-10/h2-9H,1H3. The number of hydrogen-bond donors (Lipinski definition) is 0. The highest BCUT2D eigenvalue weighted by molar-refractivity contribution is 7.93. The van der Waals surface area contributed by atoms with Crippen molar-refractivity contribution >= 4 is 67.4 Å². The van der Waals surface area contributed by atoms with Crippen molar-refractivity contribution in [3.05, 3.63) is 57.5 Å². The summed E-state index contributed by atoms with van der Waals surface area (Å²) in [4.78, 5) is 11.6. The quantitative estimate of drug-likeness (QED) is 0.499. The van der Waals surface area contributed by atoms with Crippen molar-refractivity contribution in [2.24, 2.45) is 0 Å². The summed E-state index contributed by atoms with van der Waals surface area (Å²) in [6, 6.07) is 8.99. The average Bonchev–Trinajstić information content (AvgIpc) is 2.53. The van der Waals surface area contributed by atoms with Crippen LogP contribution in [-0.2, 0) is 14.8 Å². The maximum atomic E-state index is 13.0. The first-order valence-electron chi connectivity index (χ1n) is 6.59. The van der Waals surface area contributed by atoms with Crippen LogP contribution in [0.15, 0.2) is 47.4 Å². The summed E-state index contributed by atoms with van der Waals surface area (Å²) in [6.07, 6.45) is 0. The minimum atomic E-state index is -4.11. The fraction of sp³-hybridized carbons (Fsp3) is 0.133. The highest BCUT2D eigenvalue weighted by atomic mass is 35.5. The molecule has 128 valence electrons. The largest absolute Gasteiger partial charge is 0.279 e. The van der Waals surface area contributed by atoms with Crippen LogP contribution < -0.4 is 4.31 Å². The van der Waals surface area contributed by atoms with Gasteiger partial charge in [0.2, 0.25) is 5.24 Å². The van der Waals surface area contributed by atoms with E-state index in [2.05, 4.69) is 0 Å². The first-order valence-corrected chi connectivity index (χ1v) is 9.55. The van der Waals surface area contributed by atoms with E-state index in [0.717, 1.165) is 4.31 Å². The zero-order chi connectivity index (χ0) is 18.1. The molecule has 2 aromatic carbocycles. The van der Waals surface area contributed by atoms with Gasteiger partial charge >= 0.3 is 0 Å². The molecule has 0 saturated carbocycles. The third-order valence-electron chi connectivity index (χ3n) is 3.21. The smallest absolute Gasteiger partial charge is 0.265 e. The number of carbonyl (C=O) groups excluding carboxylic acids is 1. The minimum Gasteiger partial charge on any atom is -0.279 e. The molecule has 0 fully saturated rings. The molecular formula is C15H11Cl4NO3S. The van der Waals surface area contributed by atoms with E-state index in [1.807, 2.05) is 0 Å². The lowest BCUT2D eigenvalue weighted by Gasteiger charge is -2.29. The van der Waals surface area contributed by atoms with Crippen molar-refractivity contribution in [2.75, 3.05) is 4.31 Å². The third kappa shape index (κ3) is 3.81. The summed E-state index contributed by atoms with van der Waals surface area (Å²) < 4.78 is 26.9. The fourth-order valence-electron chi connectivity index (χ4n) is 2.03. The van der Waals surface area contributed by atoms with Gasteiger partial charge in [0, 0.05) is 0 Å². The van der Waals surface area contributed by atoms with Gasteiger partial charge in [0.05, 0.1) is 25.7 Å². The van der Waals surface area contributed by atoms with Crippen molar-refractivity contribution in [2.45, 2.75) is 17.9 Å². The van der Waals surface area contributed by atoms with Crippen LogP contribution in [0, 0.1) is 0 Å². The van der Waals surface area contributed by atoms with E-state index in [1.165, 1.54) is 31.2 Å². The number of carbonyl (C=O) groups is 1. The fourth-order valence-corrected chi connectivity index (χ4v) is 4.51. The molecule has 9 heteroatoms. The van der Waals surface area contributed by atoms with Crippen molar-refractivity contribution in [3.8, 4) is 0 Å². The van der Waals surface area contributed by atoms with Gasteiger partial charge in [-0.2, -0.15) is 0 Å². The van der Waals surface area contributed by atoms with Gasteiger partial charge in [0.15, 0.2) is 0 Å². The molecule has 0 bridgehead atoms. The first kappa shape index (κ1) is 19.3. The van der Waals surface area contributed by atoms with Crippen molar-refractivity contribution in [1.82, 2.24) is 0 Å². The van der Waals surface area contributed by atoms with Crippen molar-refractivity contribution < 1.29 is 13.2 Å². The molecule has 2 aromatic rings. The Balaban J connectivity index is 2.72. The number of nitrogens with zero attached hydrogens (tertiary/aromatic N) is 1. The molecule has 0 amide bonds. The van der Waals surface area contributed by atoms with Gasteiger partial charge in [0.25, 0.3) is 10.0 Å². The average molecular weight is 427 g/mol. The van der Waals surface area contributed by atoms with E-state index in [-0.39, 0.29) is 25.7 Å². The van der Waals surface area contributed by atoms with Gasteiger partial charge in [-0.05, 0) is 42.8 Å². The Hall–Kier alpha value is -0.980. The van der Waals surface area contributed by atoms with E-state index in [9.17, 15) is 13.2 Å². The predicted molar refractivity (Wildman–Crippen MR) is 97.9 cm³/mol. The van der Waals surface area contributed by atoms with Crippen LogP contribution in [0.2, 0.25) is 15.1 Å². The Labute approximate surface area is 159 Å². The van der Waals surface area contributed by atoms with Crippen LogP contribution in [0.25, 0.3) is 0 Å². The van der Waals surface area contributed by atoms with E-state index in [4.69, 9.17) is 46.4 Å². The molecular weight excluding hydrogens is 416 g/mol. The number of anilines is 1. The summed E-state index contributed by atoms with van der Waals surface area (Å²) in [7, 11) is -4.11. The number of sulfonamides is 1. The Bertz CT molecular complexity index is 872. The second-order valence-corrected chi connectivity index (χ2v) is 8.22. The molecule has 0 aliphatic heterocycles. The Morgan fingerprint density at radius 2 is 1.54 bits per heavy atom. The van der Waals surface area contributed by atoms with E-state index in [0.29, 0.717) is 0 Å². The zero-order valence-corrected chi connectivity index (χ0v) is 16.1. The van der Waals surface area contributed by atoms with Crippen LogP contribution in [0.4, 0.5) is 5.69 Å². The van der Waals surface area contributed by atoms with E-state index >= 15 is 0 Å². The maximum Gasteiger partial charge on any atom is 0.265 e. The normalized spacial score (nSPS) is 12.7. The van der Waals surface area contributed by atoms with Crippen molar-refractivity contribution in [1.29, 1.82) is 0 Å². The zero-order valence-electron chi connectivity index (χ0n) is 12.2. The summed E-state index contributed by atoms with van der Waals surface area (Å²) in [5.74, 6) is 0. The number of halogens is 4. The Morgan fingerprint density at radius 1 is 1.00 bits per heavy atom. The van der Waals surface area contributed by atoms with Gasteiger partial charge in [0.1, 0.15) is 6.04 Å². The lowest BCUT2D eigenvalue weighted by atomic mass is 10.2. The molecule has 4 nitrogen and oxygen atoms in total. The van der Waals surface area contributed by atoms with Crippen LogP contribution in [-0.4, -0.2) is 19.7 Å². The van der Waals surface area contributed by atoms with Crippen LogP contribution >= 0.6 is 46.4 Å². The molecule has 0 aromatic heterocycles. The molecule has 1 atom stereocenters. The lowest BCUT2D eigenvalue weighted by Crippen LogP contribution is -2.42. The molecule has 0 heterocycles. The lowest BCUT2D eigenvalue weighted by molar-refractivity contribution is -0.112. The third-order valence-corrected chi connectivity index (χ3v) is 6.45. The second-order valence-electron chi connectivity index (χ2n) is 4.81. The molecule has 0 saturated heterocycles. The van der Waals surface area contributed by atoms with Gasteiger partial charge < -0.3 is 0 Å².